The molecule has 0 bridgehead atoms. The van der Waals surface area contributed by atoms with Crippen LogP contribution < -0.4 is 0 Å². The summed E-state index contributed by atoms with van der Waals surface area (Å²) in [6.07, 6.45) is 6.49. The van der Waals surface area contributed by atoms with Gasteiger partial charge in [0.2, 0.25) is 0 Å². The third kappa shape index (κ3) is 4.69. The van der Waals surface area contributed by atoms with Gasteiger partial charge < -0.3 is 4.74 Å². The summed E-state index contributed by atoms with van der Waals surface area (Å²) in [6.45, 7) is 18.6. The number of rotatable bonds is 10. The molecule has 0 radical (unpaired) electrons. The van der Waals surface area contributed by atoms with E-state index in [0.717, 1.165) is 19.1 Å². The summed E-state index contributed by atoms with van der Waals surface area (Å²) < 4.78 is 5.57. The maximum Gasteiger partial charge on any atom is 0.0547 e. The highest BCUT2D eigenvalue weighted by Crippen LogP contribution is 2.43. The first-order chi connectivity index (χ1) is 9.88. The van der Waals surface area contributed by atoms with Crippen LogP contribution in [0.2, 0.25) is 0 Å². The van der Waals surface area contributed by atoms with Gasteiger partial charge >= 0.3 is 0 Å². The summed E-state index contributed by atoms with van der Waals surface area (Å²) in [5.74, 6) is 0.760. The first kappa shape index (κ1) is 19.0. The van der Waals surface area contributed by atoms with Gasteiger partial charge in [0, 0.05) is 23.5 Å². The monoisotopic (exact) mass is 297 g/mol. The van der Waals surface area contributed by atoms with Crippen molar-refractivity contribution in [3.8, 4) is 0 Å². The van der Waals surface area contributed by atoms with E-state index in [2.05, 4.69) is 53.4 Å². The molecule has 1 heterocycles. The number of hydrogen-bond acceptors (Lipinski definition) is 2. The molecular formula is C19H39NO. The first-order valence-corrected chi connectivity index (χ1v) is 9.23. The molecule has 0 aromatic rings. The molecule has 3 atom stereocenters. The van der Waals surface area contributed by atoms with Crippen LogP contribution in [0.1, 0.15) is 80.6 Å². The van der Waals surface area contributed by atoms with Crippen molar-refractivity contribution in [2.45, 2.75) is 98.7 Å². The maximum atomic E-state index is 5.57. The van der Waals surface area contributed by atoms with Crippen molar-refractivity contribution < 1.29 is 4.74 Å². The molecule has 0 aromatic carbocycles. The molecule has 0 N–H and O–H groups in total. The standard InChI is InChI=1S/C19H39NO/c1-8-10-17(6)20(15(3)4)18(7)12-16(5)19(11-9-2)13-21-14-19/h15-18H,8-14H2,1-7H3. The Labute approximate surface area is 133 Å². The molecule has 1 saturated heterocycles. The molecule has 1 rings (SSSR count). The lowest BCUT2D eigenvalue weighted by Gasteiger charge is -2.48. The van der Waals surface area contributed by atoms with Gasteiger partial charge in [0.25, 0.3) is 0 Å². The van der Waals surface area contributed by atoms with Crippen LogP contribution in [0.3, 0.4) is 0 Å². The summed E-state index contributed by atoms with van der Waals surface area (Å²) in [7, 11) is 0. The second kappa shape index (κ2) is 8.53. The Balaban J connectivity index is 2.65. The van der Waals surface area contributed by atoms with Crippen molar-refractivity contribution in [2.75, 3.05) is 13.2 Å². The van der Waals surface area contributed by atoms with Gasteiger partial charge in [-0.25, -0.2) is 0 Å². The lowest BCUT2D eigenvalue weighted by Crippen LogP contribution is -2.51. The van der Waals surface area contributed by atoms with Gasteiger partial charge in [-0.3, -0.25) is 4.90 Å². The molecule has 0 aliphatic carbocycles. The molecule has 0 amide bonds. The van der Waals surface area contributed by atoms with Crippen molar-refractivity contribution >= 4 is 0 Å². The predicted molar refractivity (Wildman–Crippen MR) is 92.7 cm³/mol. The van der Waals surface area contributed by atoms with Crippen molar-refractivity contribution in [1.82, 2.24) is 4.90 Å². The SMILES string of the molecule is CCCC(C)N(C(C)C)C(C)CC(C)C1(CCC)COC1. The second-order valence-electron chi connectivity index (χ2n) is 7.77. The third-order valence-electron chi connectivity index (χ3n) is 5.59. The summed E-state index contributed by atoms with van der Waals surface area (Å²) >= 11 is 0. The Kier molecular flexibility index (Phi) is 7.70. The van der Waals surface area contributed by atoms with Crippen molar-refractivity contribution in [3.63, 3.8) is 0 Å². The fourth-order valence-corrected chi connectivity index (χ4v) is 4.44. The second-order valence-corrected chi connectivity index (χ2v) is 7.77. The van der Waals surface area contributed by atoms with E-state index in [9.17, 15) is 0 Å². The van der Waals surface area contributed by atoms with Crippen LogP contribution in [0.5, 0.6) is 0 Å². The summed E-state index contributed by atoms with van der Waals surface area (Å²) in [6, 6.07) is 1.99. The first-order valence-electron chi connectivity index (χ1n) is 9.23. The largest absolute Gasteiger partial charge is 0.380 e. The lowest BCUT2D eigenvalue weighted by atomic mass is 9.69. The average molecular weight is 298 g/mol. The van der Waals surface area contributed by atoms with E-state index in [1.165, 1.54) is 32.1 Å². The highest BCUT2D eigenvalue weighted by Gasteiger charge is 2.43. The number of ether oxygens (including phenoxy) is 1. The number of hydrogen-bond donors (Lipinski definition) is 0. The van der Waals surface area contributed by atoms with Crippen LogP contribution in [0.25, 0.3) is 0 Å². The van der Waals surface area contributed by atoms with Crippen molar-refractivity contribution in [1.29, 1.82) is 0 Å². The van der Waals surface area contributed by atoms with Gasteiger partial charge in [-0.1, -0.05) is 33.6 Å². The highest BCUT2D eigenvalue weighted by atomic mass is 16.5. The van der Waals surface area contributed by atoms with E-state index in [-0.39, 0.29) is 0 Å². The molecule has 21 heavy (non-hydrogen) atoms. The minimum Gasteiger partial charge on any atom is -0.380 e. The average Bonchev–Trinajstić information content (AvgIpc) is 2.33. The maximum absolute atomic E-state index is 5.57. The van der Waals surface area contributed by atoms with Crippen LogP contribution in [-0.4, -0.2) is 36.2 Å². The smallest absolute Gasteiger partial charge is 0.0547 e. The highest BCUT2D eigenvalue weighted by molar-refractivity contribution is 4.92. The van der Waals surface area contributed by atoms with Gasteiger partial charge in [-0.15, -0.1) is 0 Å². The van der Waals surface area contributed by atoms with E-state index < -0.39 is 0 Å². The van der Waals surface area contributed by atoms with Gasteiger partial charge in [0.15, 0.2) is 0 Å². The molecule has 1 fully saturated rings. The van der Waals surface area contributed by atoms with Crippen molar-refractivity contribution in [2.24, 2.45) is 11.3 Å². The molecule has 126 valence electrons. The molecular weight excluding hydrogens is 258 g/mol. The Bertz CT molecular complexity index is 285. The quantitative estimate of drug-likeness (QED) is 0.555. The molecule has 0 aromatic heterocycles. The molecule has 3 unspecified atom stereocenters. The summed E-state index contributed by atoms with van der Waals surface area (Å²) in [5.41, 5.74) is 0.472. The van der Waals surface area contributed by atoms with Crippen LogP contribution >= 0.6 is 0 Å². The zero-order valence-corrected chi connectivity index (χ0v) is 15.6. The third-order valence-corrected chi connectivity index (χ3v) is 5.59. The van der Waals surface area contributed by atoms with E-state index >= 15 is 0 Å². The fraction of sp³-hybridized carbons (Fsp3) is 1.00. The van der Waals surface area contributed by atoms with Gasteiger partial charge in [-0.2, -0.15) is 0 Å². The molecule has 0 spiro atoms. The Hall–Kier alpha value is -0.0800. The minimum atomic E-state index is 0.472. The van der Waals surface area contributed by atoms with Gasteiger partial charge in [0.1, 0.15) is 0 Å². The van der Waals surface area contributed by atoms with Crippen molar-refractivity contribution in [3.05, 3.63) is 0 Å². The molecule has 2 nitrogen and oxygen atoms in total. The fourth-order valence-electron chi connectivity index (χ4n) is 4.44. The van der Waals surface area contributed by atoms with Crippen LogP contribution in [0.15, 0.2) is 0 Å². The minimum absolute atomic E-state index is 0.472. The van der Waals surface area contributed by atoms with Gasteiger partial charge in [-0.05, 0) is 52.9 Å². The topological polar surface area (TPSA) is 12.5 Å². The van der Waals surface area contributed by atoms with Crippen LogP contribution in [-0.2, 0) is 4.74 Å². The van der Waals surface area contributed by atoms with Crippen LogP contribution in [0.4, 0.5) is 0 Å². The van der Waals surface area contributed by atoms with Gasteiger partial charge in [0.05, 0.1) is 13.2 Å². The molecule has 1 aliphatic rings. The Morgan fingerprint density at radius 2 is 1.57 bits per heavy atom. The summed E-state index contributed by atoms with van der Waals surface area (Å²) in [5, 5.41) is 0. The summed E-state index contributed by atoms with van der Waals surface area (Å²) in [4.78, 5) is 2.74. The van der Waals surface area contributed by atoms with E-state index in [1.54, 1.807) is 0 Å². The molecule has 0 saturated carbocycles. The molecule has 2 heteroatoms. The lowest BCUT2D eigenvalue weighted by molar-refractivity contribution is -0.152. The molecule has 1 aliphatic heterocycles. The Morgan fingerprint density at radius 3 is 1.95 bits per heavy atom. The van der Waals surface area contributed by atoms with Crippen LogP contribution in [0, 0.1) is 11.3 Å². The number of nitrogens with zero attached hydrogens (tertiary/aromatic N) is 1. The van der Waals surface area contributed by atoms with E-state index in [1.807, 2.05) is 0 Å². The Morgan fingerprint density at radius 1 is 0.952 bits per heavy atom. The normalized spacial score (nSPS) is 22.1. The van der Waals surface area contributed by atoms with E-state index in [4.69, 9.17) is 4.74 Å². The zero-order chi connectivity index (χ0) is 16.0. The predicted octanol–water partition coefficient (Wildman–Crippen LogP) is 5.12. The zero-order valence-electron chi connectivity index (χ0n) is 15.6. The van der Waals surface area contributed by atoms with E-state index in [0.29, 0.717) is 23.5 Å².